The van der Waals surface area contributed by atoms with Crippen LogP contribution in [0.3, 0.4) is 0 Å². The van der Waals surface area contributed by atoms with E-state index in [0.717, 1.165) is 11.1 Å². The van der Waals surface area contributed by atoms with Crippen molar-refractivity contribution in [2.45, 2.75) is 6.92 Å². The number of carbonyl (C=O) groups is 1. The van der Waals surface area contributed by atoms with Crippen molar-refractivity contribution < 1.29 is 9.90 Å². The number of hydrogen-bond donors (Lipinski definition) is 2. The molecule has 0 atom stereocenters. The maximum atomic E-state index is 12.1. The monoisotopic (exact) mass is 267 g/mol. The smallest absolute Gasteiger partial charge is 0.255 e. The van der Waals surface area contributed by atoms with E-state index >= 15 is 0 Å². The molecule has 20 heavy (non-hydrogen) atoms. The van der Waals surface area contributed by atoms with Gasteiger partial charge in [0.1, 0.15) is 12.9 Å². The summed E-state index contributed by atoms with van der Waals surface area (Å²) in [5.41, 5.74) is 2.68. The molecule has 5 nitrogen and oxygen atoms in total. The van der Waals surface area contributed by atoms with Crippen LogP contribution in [0, 0.1) is 18.8 Å². The summed E-state index contributed by atoms with van der Waals surface area (Å²) in [6.07, 6.45) is 4.43. The molecule has 1 aromatic carbocycles. The zero-order valence-electron chi connectivity index (χ0n) is 10.9. The number of hydrogen-bond acceptors (Lipinski definition) is 4. The normalized spacial score (nSPS) is 9.50. The van der Waals surface area contributed by atoms with Crippen molar-refractivity contribution in [2.24, 2.45) is 0 Å². The highest BCUT2D eigenvalue weighted by Gasteiger charge is 2.08. The fraction of sp³-hybridized carbons (Fsp3) is 0.133. The van der Waals surface area contributed by atoms with Gasteiger partial charge < -0.3 is 10.4 Å². The molecule has 0 aliphatic heterocycles. The summed E-state index contributed by atoms with van der Waals surface area (Å²) < 4.78 is 0. The highest BCUT2D eigenvalue weighted by molar-refractivity contribution is 6.04. The molecular formula is C15H13N3O2. The number of aromatic nitrogens is 2. The Morgan fingerprint density at radius 3 is 2.80 bits per heavy atom. The molecule has 0 saturated carbocycles. The summed E-state index contributed by atoms with van der Waals surface area (Å²) in [6.45, 7) is 1.69. The molecule has 1 heterocycles. The van der Waals surface area contributed by atoms with Crippen LogP contribution in [0.1, 0.15) is 21.5 Å². The van der Waals surface area contributed by atoms with Crippen LogP contribution in [0.25, 0.3) is 0 Å². The molecule has 2 N–H and O–H groups in total. The average molecular weight is 267 g/mol. The molecule has 0 spiro atoms. The van der Waals surface area contributed by atoms with Crippen molar-refractivity contribution in [3.63, 3.8) is 0 Å². The Bertz CT molecular complexity index is 673. The Balaban J connectivity index is 2.22. The second-order valence-corrected chi connectivity index (χ2v) is 4.07. The number of nitrogens with one attached hydrogen (secondary N) is 1. The van der Waals surface area contributed by atoms with Gasteiger partial charge in [0.2, 0.25) is 0 Å². The van der Waals surface area contributed by atoms with Crippen molar-refractivity contribution in [2.75, 3.05) is 11.9 Å². The van der Waals surface area contributed by atoms with E-state index in [4.69, 9.17) is 5.11 Å². The molecular weight excluding hydrogens is 254 g/mol. The highest BCUT2D eigenvalue weighted by atomic mass is 16.2. The zero-order valence-corrected chi connectivity index (χ0v) is 10.9. The molecule has 5 heteroatoms. The van der Waals surface area contributed by atoms with Gasteiger partial charge in [-0.25, -0.2) is 9.97 Å². The Morgan fingerprint density at radius 2 is 2.10 bits per heavy atom. The molecule has 0 radical (unpaired) electrons. The Morgan fingerprint density at radius 1 is 1.35 bits per heavy atom. The van der Waals surface area contributed by atoms with E-state index in [-0.39, 0.29) is 12.5 Å². The molecule has 0 bridgehead atoms. The Hall–Kier alpha value is -2.71. The fourth-order valence-electron chi connectivity index (χ4n) is 1.60. The van der Waals surface area contributed by atoms with Gasteiger partial charge in [-0.3, -0.25) is 4.79 Å². The van der Waals surface area contributed by atoms with Crippen molar-refractivity contribution in [3.8, 4) is 11.8 Å². The van der Waals surface area contributed by atoms with E-state index in [1.807, 2.05) is 13.0 Å². The first-order valence-electron chi connectivity index (χ1n) is 5.97. The molecule has 2 rings (SSSR count). The van der Waals surface area contributed by atoms with E-state index in [0.29, 0.717) is 11.3 Å². The number of anilines is 1. The fourth-order valence-corrected chi connectivity index (χ4v) is 1.60. The minimum absolute atomic E-state index is 0.211. The van der Waals surface area contributed by atoms with Gasteiger partial charge in [0, 0.05) is 11.1 Å². The first-order valence-corrected chi connectivity index (χ1v) is 5.97. The van der Waals surface area contributed by atoms with Gasteiger partial charge in [-0.05, 0) is 24.6 Å². The van der Waals surface area contributed by atoms with Gasteiger partial charge in [0.15, 0.2) is 0 Å². The average Bonchev–Trinajstić information content (AvgIpc) is 2.47. The summed E-state index contributed by atoms with van der Waals surface area (Å²) in [5, 5.41) is 11.4. The number of amides is 1. The Kier molecular flexibility index (Phi) is 4.43. The maximum absolute atomic E-state index is 12.1. The third-order valence-corrected chi connectivity index (χ3v) is 2.62. The van der Waals surface area contributed by atoms with Crippen molar-refractivity contribution >= 4 is 11.6 Å². The van der Waals surface area contributed by atoms with Crippen LogP contribution in [-0.4, -0.2) is 27.6 Å². The maximum Gasteiger partial charge on any atom is 0.255 e. The first-order chi connectivity index (χ1) is 9.70. The third-order valence-electron chi connectivity index (χ3n) is 2.62. The molecule has 100 valence electrons. The van der Waals surface area contributed by atoms with Crippen LogP contribution in [0.15, 0.2) is 36.9 Å². The van der Waals surface area contributed by atoms with Gasteiger partial charge in [-0.2, -0.15) is 0 Å². The van der Waals surface area contributed by atoms with Gasteiger partial charge in [0.05, 0.1) is 18.1 Å². The molecule has 0 saturated heterocycles. The van der Waals surface area contributed by atoms with Crippen LogP contribution in [0.4, 0.5) is 5.69 Å². The molecule has 0 aliphatic carbocycles. The summed E-state index contributed by atoms with van der Waals surface area (Å²) in [7, 11) is 0. The van der Waals surface area contributed by atoms with Crippen LogP contribution < -0.4 is 5.32 Å². The summed E-state index contributed by atoms with van der Waals surface area (Å²) in [6, 6.07) is 5.23. The van der Waals surface area contributed by atoms with Gasteiger partial charge in [-0.15, -0.1) is 0 Å². The van der Waals surface area contributed by atoms with Gasteiger partial charge in [-0.1, -0.05) is 17.9 Å². The molecule has 0 fully saturated rings. The quantitative estimate of drug-likeness (QED) is 0.806. The van der Waals surface area contributed by atoms with E-state index in [9.17, 15) is 4.79 Å². The minimum atomic E-state index is -0.258. The van der Waals surface area contributed by atoms with E-state index in [2.05, 4.69) is 27.1 Å². The molecule has 1 amide bonds. The lowest BCUT2D eigenvalue weighted by Gasteiger charge is -2.06. The SMILES string of the molecule is Cc1ccc(C(=O)Nc2cncnc2)cc1C#CCO. The van der Waals surface area contributed by atoms with Crippen LogP contribution in [0.2, 0.25) is 0 Å². The second kappa shape index (κ2) is 6.45. The second-order valence-electron chi connectivity index (χ2n) is 4.07. The summed E-state index contributed by atoms with van der Waals surface area (Å²) in [5.74, 6) is 5.13. The summed E-state index contributed by atoms with van der Waals surface area (Å²) >= 11 is 0. The number of aliphatic hydroxyl groups excluding tert-OH is 1. The van der Waals surface area contributed by atoms with Gasteiger partial charge >= 0.3 is 0 Å². The largest absolute Gasteiger partial charge is 0.384 e. The third kappa shape index (κ3) is 3.40. The number of rotatable bonds is 2. The predicted octanol–water partition coefficient (Wildman–Crippen LogP) is 1.38. The van der Waals surface area contributed by atoms with E-state index in [1.165, 1.54) is 18.7 Å². The number of nitrogens with zero attached hydrogens (tertiary/aromatic N) is 2. The van der Waals surface area contributed by atoms with Crippen LogP contribution in [0.5, 0.6) is 0 Å². The van der Waals surface area contributed by atoms with Gasteiger partial charge in [0.25, 0.3) is 5.91 Å². The zero-order chi connectivity index (χ0) is 14.4. The topological polar surface area (TPSA) is 75.1 Å². The molecule has 0 unspecified atom stereocenters. The lowest BCUT2D eigenvalue weighted by Crippen LogP contribution is -2.12. The van der Waals surface area contributed by atoms with Crippen molar-refractivity contribution in [3.05, 3.63) is 53.6 Å². The highest BCUT2D eigenvalue weighted by Crippen LogP contribution is 2.12. The van der Waals surface area contributed by atoms with Crippen LogP contribution in [-0.2, 0) is 0 Å². The Labute approximate surface area is 116 Å². The number of carbonyl (C=O) groups excluding carboxylic acids is 1. The molecule has 0 aliphatic rings. The van der Waals surface area contributed by atoms with Crippen molar-refractivity contribution in [1.82, 2.24) is 9.97 Å². The minimum Gasteiger partial charge on any atom is -0.384 e. The number of aryl methyl sites for hydroxylation is 1. The first kappa shape index (κ1) is 13.7. The lowest BCUT2D eigenvalue weighted by molar-refractivity contribution is 0.102. The van der Waals surface area contributed by atoms with Crippen molar-refractivity contribution in [1.29, 1.82) is 0 Å². The molecule has 2 aromatic rings. The number of aliphatic hydroxyl groups is 1. The van der Waals surface area contributed by atoms with E-state index < -0.39 is 0 Å². The summed E-state index contributed by atoms with van der Waals surface area (Å²) in [4.78, 5) is 19.7. The van der Waals surface area contributed by atoms with Crippen LogP contribution >= 0.6 is 0 Å². The predicted molar refractivity (Wildman–Crippen MR) is 75.1 cm³/mol. The lowest BCUT2D eigenvalue weighted by atomic mass is 10.0. The van der Waals surface area contributed by atoms with E-state index in [1.54, 1.807) is 12.1 Å². The number of benzene rings is 1. The standard InChI is InChI=1S/C15H13N3O2/c1-11-4-5-13(7-12(11)3-2-6-19)15(20)18-14-8-16-10-17-9-14/h4-5,7-10,19H,6H2,1H3,(H,18,20). The molecule has 1 aromatic heterocycles.